The number of hydrogen-bond acceptors (Lipinski definition) is 3. The summed E-state index contributed by atoms with van der Waals surface area (Å²) in [5.41, 5.74) is 4.50. The van der Waals surface area contributed by atoms with Gasteiger partial charge in [0.25, 0.3) is 0 Å². The molecule has 0 atom stereocenters. The molecule has 0 bridgehead atoms. The number of para-hydroxylation sites is 2. The number of nitrogens with zero attached hydrogens (tertiary/aromatic N) is 4. The predicted molar refractivity (Wildman–Crippen MR) is 110 cm³/mol. The number of carbonyl (C=O) groups is 1. The molecule has 0 saturated heterocycles. The van der Waals surface area contributed by atoms with Crippen LogP contribution in [0.4, 0.5) is 5.69 Å². The molecule has 1 N–H and O–H groups in total. The van der Waals surface area contributed by atoms with E-state index in [1.54, 1.807) is 10.9 Å². The van der Waals surface area contributed by atoms with Crippen molar-refractivity contribution in [2.45, 2.75) is 40.7 Å². The van der Waals surface area contributed by atoms with E-state index in [-0.39, 0.29) is 5.91 Å². The van der Waals surface area contributed by atoms with Crippen LogP contribution in [0.3, 0.4) is 0 Å². The Labute approximate surface area is 167 Å². The summed E-state index contributed by atoms with van der Waals surface area (Å²) in [5.74, 6) is 0.439. The lowest BCUT2D eigenvalue weighted by molar-refractivity contribution is -0.115. The number of aromatic nitrogens is 4. The largest absolute Gasteiger partial charge is 0.324 e. The minimum absolute atomic E-state index is 0.0658. The van der Waals surface area contributed by atoms with E-state index in [1.165, 1.54) is 0 Å². The highest BCUT2D eigenvalue weighted by Gasteiger charge is 2.17. The summed E-state index contributed by atoms with van der Waals surface area (Å²) in [7, 11) is 0. The maximum absolute atomic E-state index is 12.7. The van der Waals surface area contributed by atoms with E-state index < -0.39 is 0 Å². The van der Waals surface area contributed by atoms with Crippen molar-refractivity contribution in [1.82, 2.24) is 19.6 Å². The minimum atomic E-state index is -0.0658. The predicted octanol–water partition coefficient (Wildman–Crippen LogP) is 4.29. The second-order valence-corrected chi connectivity index (χ2v) is 7.99. The third kappa shape index (κ3) is 4.47. The zero-order valence-corrected chi connectivity index (χ0v) is 17.6. The summed E-state index contributed by atoms with van der Waals surface area (Å²) in [6.07, 6.45) is 3.87. The normalized spacial score (nSPS) is 11.2. The monoisotopic (exact) mass is 429 g/mol. The summed E-state index contributed by atoms with van der Waals surface area (Å²) >= 11 is 3.40. The number of aryl methyl sites for hydroxylation is 1. The zero-order chi connectivity index (χ0) is 19.6. The summed E-state index contributed by atoms with van der Waals surface area (Å²) in [4.78, 5) is 12.7. The number of halogens is 1. The van der Waals surface area contributed by atoms with Crippen LogP contribution in [-0.2, 0) is 17.8 Å². The molecule has 6 nitrogen and oxygen atoms in total. The van der Waals surface area contributed by atoms with Crippen molar-refractivity contribution < 1.29 is 4.79 Å². The van der Waals surface area contributed by atoms with Crippen LogP contribution in [0.25, 0.3) is 5.69 Å². The van der Waals surface area contributed by atoms with Gasteiger partial charge in [-0.25, -0.2) is 4.68 Å². The van der Waals surface area contributed by atoms with Gasteiger partial charge in [0.15, 0.2) is 0 Å². The molecule has 0 saturated carbocycles. The topological polar surface area (TPSA) is 64.7 Å². The van der Waals surface area contributed by atoms with Gasteiger partial charge in [-0.1, -0.05) is 26.0 Å². The number of amides is 1. The van der Waals surface area contributed by atoms with Gasteiger partial charge in [-0.2, -0.15) is 10.2 Å². The van der Waals surface area contributed by atoms with Crippen molar-refractivity contribution in [3.05, 3.63) is 58.1 Å². The van der Waals surface area contributed by atoms with Crippen molar-refractivity contribution >= 4 is 27.5 Å². The zero-order valence-electron chi connectivity index (χ0n) is 16.0. The number of benzene rings is 1. The molecule has 0 unspecified atom stereocenters. The van der Waals surface area contributed by atoms with Crippen molar-refractivity contribution in [3.8, 4) is 5.69 Å². The molecule has 3 aromatic rings. The Hall–Kier alpha value is -2.41. The lowest BCUT2D eigenvalue weighted by Crippen LogP contribution is -2.17. The Bertz CT molecular complexity index is 957. The maximum atomic E-state index is 12.7. The van der Waals surface area contributed by atoms with Gasteiger partial charge < -0.3 is 5.32 Å². The van der Waals surface area contributed by atoms with E-state index in [0.29, 0.717) is 12.3 Å². The third-order valence-corrected chi connectivity index (χ3v) is 4.79. The fourth-order valence-corrected chi connectivity index (χ4v) is 3.37. The number of rotatable bonds is 6. The highest BCUT2D eigenvalue weighted by atomic mass is 79.9. The molecule has 2 aromatic heterocycles. The van der Waals surface area contributed by atoms with Crippen LogP contribution in [-0.4, -0.2) is 25.5 Å². The average molecular weight is 430 g/mol. The van der Waals surface area contributed by atoms with Gasteiger partial charge >= 0.3 is 0 Å². The maximum Gasteiger partial charge on any atom is 0.228 e. The van der Waals surface area contributed by atoms with Crippen LogP contribution in [0.5, 0.6) is 0 Å². The molecule has 0 spiro atoms. The van der Waals surface area contributed by atoms with Crippen molar-refractivity contribution in [1.29, 1.82) is 0 Å². The van der Waals surface area contributed by atoms with Gasteiger partial charge in [0.2, 0.25) is 5.91 Å². The molecule has 0 aliphatic rings. The van der Waals surface area contributed by atoms with Crippen molar-refractivity contribution in [3.63, 3.8) is 0 Å². The highest BCUT2D eigenvalue weighted by Crippen LogP contribution is 2.22. The summed E-state index contributed by atoms with van der Waals surface area (Å²) in [5, 5.41) is 11.9. The number of hydrogen-bond donors (Lipinski definition) is 1. The molecule has 0 aliphatic heterocycles. The fourth-order valence-electron chi connectivity index (χ4n) is 3.08. The molecular weight excluding hydrogens is 406 g/mol. The van der Waals surface area contributed by atoms with E-state index >= 15 is 0 Å². The standard InChI is InChI=1S/C20H24BrN5O/c1-13(2)11-25-15(4)17(14(3)24-25)9-20(27)23-18-7-5-6-8-19(18)26-12-16(21)10-22-26/h5-8,10,12-13H,9,11H2,1-4H3,(H,23,27). The van der Waals surface area contributed by atoms with Crippen LogP contribution >= 0.6 is 15.9 Å². The molecule has 2 heterocycles. The molecule has 0 aliphatic carbocycles. The van der Waals surface area contributed by atoms with Gasteiger partial charge in [0.1, 0.15) is 0 Å². The van der Waals surface area contributed by atoms with E-state index in [4.69, 9.17) is 0 Å². The van der Waals surface area contributed by atoms with Crippen LogP contribution in [0.2, 0.25) is 0 Å². The van der Waals surface area contributed by atoms with Crippen LogP contribution < -0.4 is 5.32 Å². The number of anilines is 1. The Kier molecular flexibility index (Phi) is 5.79. The lowest BCUT2D eigenvalue weighted by Gasteiger charge is -2.11. The van der Waals surface area contributed by atoms with Crippen molar-refractivity contribution in [2.75, 3.05) is 5.32 Å². The molecule has 3 rings (SSSR count). The molecule has 7 heteroatoms. The second-order valence-electron chi connectivity index (χ2n) is 7.07. The Balaban J connectivity index is 1.79. The SMILES string of the molecule is Cc1nn(CC(C)C)c(C)c1CC(=O)Nc1ccccc1-n1cc(Br)cn1. The first-order valence-electron chi connectivity index (χ1n) is 8.97. The van der Waals surface area contributed by atoms with Gasteiger partial charge in [0, 0.05) is 24.0 Å². The summed E-state index contributed by atoms with van der Waals surface area (Å²) in [6, 6.07) is 7.62. The van der Waals surface area contributed by atoms with Gasteiger partial charge in [0.05, 0.1) is 34.2 Å². The Morgan fingerprint density at radius 3 is 2.67 bits per heavy atom. The number of nitrogens with one attached hydrogen (secondary N) is 1. The average Bonchev–Trinajstić information content (AvgIpc) is 3.14. The van der Waals surface area contributed by atoms with Gasteiger partial charge in [-0.3, -0.25) is 9.48 Å². The van der Waals surface area contributed by atoms with Gasteiger partial charge in [-0.05, 0) is 47.8 Å². The molecule has 142 valence electrons. The molecule has 27 heavy (non-hydrogen) atoms. The lowest BCUT2D eigenvalue weighted by atomic mass is 10.1. The van der Waals surface area contributed by atoms with E-state index in [9.17, 15) is 4.79 Å². The molecular formula is C20H24BrN5O. The van der Waals surface area contributed by atoms with Crippen molar-refractivity contribution in [2.24, 2.45) is 5.92 Å². The third-order valence-electron chi connectivity index (χ3n) is 4.38. The first kappa shape index (κ1) is 19.4. The number of carbonyl (C=O) groups excluding carboxylic acids is 1. The Morgan fingerprint density at radius 1 is 1.26 bits per heavy atom. The smallest absolute Gasteiger partial charge is 0.228 e. The quantitative estimate of drug-likeness (QED) is 0.635. The van der Waals surface area contributed by atoms with Crippen LogP contribution in [0, 0.1) is 19.8 Å². The van der Waals surface area contributed by atoms with E-state index in [0.717, 1.165) is 39.3 Å². The van der Waals surface area contributed by atoms with Gasteiger partial charge in [-0.15, -0.1) is 0 Å². The van der Waals surface area contributed by atoms with E-state index in [2.05, 4.69) is 45.3 Å². The summed E-state index contributed by atoms with van der Waals surface area (Å²) in [6.45, 7) is 9.16. The molecule has 1 aromatic carbocycles. The summed E-state index contributed by atoms with van der Waals surface area (Å²) < 4.78 is 4.61. The fraction of sp³-hybridized carbons (Fsp3) is 0.350. The highest BCUT2D eigenvalue weighted by molar-refractivity contribution is 9.10. The second kappa shape index (κ2) is 8.08. The Morgan fingerprint density at radius 2 is 2.00 bits per heavy atom. The minimum Gasteiger partial charge on any atom is -0.324 e. The van der Waals surface area contributed by atoms with E-state index in [1.807, 2.05) is 49.0 Å². The molecule has 0 fully saturated rings. The van der Waals surface area contributed by atoms with Crippen LogP contribution in [0.15, 0.2) is 41.1 Å². The van der Waals surface area contributed by atoms with Crippen LogP contribution in [0.1, 0.15) is 30.8 Å². The first-order chi connectivity index (χ1) is 12.8. The first-order valence-corrected chi connectivity index (χ1v) is 9.76. The molecule has 1 amide bonds. The molecule has 0 radical (unpaired) electrons.